The van der Waals surface area contributed by atoms with E-state index in [1.165, 1.54) is 0 Å². The number of hydrogen-bond donors (Lipinski definition) is 0. The smallest absolute Gasteiger partial charge is 0.125 e. The van der Waals surface area contributed by atoms with Crippen LogP contribution in [0.2, 0.25) is 10.0 Å². The van der Waals surface area contributed by atoms with Crippen LogP contribution in [0.5, 0.6) is 5.75 Å². The van der Waals surface area contributed by atoms with Gasteiger partial charge in [-0.3, -0.25) is 4.98 Å². The molecule has 2 nitrogen and oxygen atoms in total. The van der Waals surface area contributed by atoms with Crippen molar-refractivity contribution >= 4 is 23.2 Å². The fourth-order valence-corrected chi connectivity index (χ4v) is 2.07. The lowest BCUT2D eigenvalue weighted by atomic mass is 10.1. The number of aryl methyl sites for hydroxylation is 1. The van der Waals surface area contributed by atoms with Crippen molar-refractivity contribution in [1.82, 2.24) is 4.98 Å². The molecular weight excluding hydrogens is 257 g/mol. The van der Waals surface area contributed by atoms with E-state index in [9.17, 15) is 0 Å². The summed E-state index contributed by atoms with van der Waals surface area (Å²) in [6.45, 7) is 1.94. The van der Waals surface area contributed by atoms with E-state index in [2.05, 4.69) is 4.98 Å². The largest absolute Gasteiger partial charge is 0.496 e. The zero-order valence-electron chi connectivity index (χ0n) is 9.50. The fraction of sp³-hybridized carbons (Fsp3) is 0.154. The van der Waals surface area contributed by atoms with Gasteiger partial charge in [0.05, 0.1) is 17.8 Å². The number of hydrogen-bond acceptors (Lipinski definition) is 2. The van der Waals surface area contributed by atoms with Crippen LogP contribution in [0.3, 0.4) is 0 Å². The Hall–Kier alpha value is -1.25. The second kappa shape index (κ2) is 4.94. The van der Waals surface area contributed by atoms with Crippen molar-refractivity contribution in [1.29, 1.82) is 0 Å². The SMILES string of the molecule is COc1cc(-c2ccc(Cl)cc2Cl)ncc1C. The van der Waals surface area contributed by atoms with Crippen LogP contribution in [0.25, 0.3) is 11.3 Å². The summed E-state index contributed by atoms with van der Waals surface area (Å²) in [6.07, 6.45) is 1.76. The molecule has 0 fully saturated rings. The Morgan fingerprint density at radius 3 is 2.59 bits per heavy atom. The summed E-state index contributed by atoms with van der Waals surface area (Å²) in [5.41, 5.74) is 2.60. The molecule has 0 radical (unpaired) electrons. The van der Waals surface area contributed by atoms with Crippen molar-refractivity contribution in [2.45, 2.75) is 6.92 Å². The Morgan fingerprint density at radius 2 is 1.94 bits per heavy atom. The first-order chi connectivity index (χ1) is 8.11. The standard InChI is InChI=1S/C13H11Cl2NO/c1-8-7-16-12(6-13(8)17-2)10-4-3-9(14)5-11(10)15/h3-7H,1-2H3. The number of halogens is 2. The summed E-state index contributed by atoms with van der Waals surface area (Å²) >= 11 is 12.0. The lowest BCUT2D eigenvalue weighted by molar-refractivity contribution is 0.411. The third-order valence-electron chi connectivity index (χ3n) is 2.48. The number of methoxy groups -OCH3 is 1. The minimum Gasteiger partial charge on any atom is -0.496 e. The summed E-state index contributed by atoms with van der Waals surface area (Å²) in [5.74, 6) is 0.793. The number of pyridine rings is 1. The van der Waals surface area contributed by atoms with Crippen molar-refractivity contribution in [3.8, 4) is 17.0 Å². The van der Waals surface area contributed by atoms with Crippen molar-refractivity contribution in [3.63, 3.8) is 0 Å². The highest BCUT2D eigenvalue weighted by Gasteiger charge is 2.08. The molecule has 1 aromatic heterocycles. The first-order valence-electron chi connectivity index (χ1n) is 5.08. The topological polar surface area (TPSA) is 22.1 Å². The summed E-state index contributed by atoms with van der Waals surface area (Å²) in [7, 11) is 1.63. The molecule has 0 unspecified atom stereocenters. The summed E-state index contributed by atoms with van der Waals surface area (Å²) in [6, 6.07) is 7.20. The second-order valence-corrected chi connectivity index (χ2v) is 4.51. The fourth-order valence-electron chi connectivity index (χ4n) is 1.57. The van der Waals surface area contributed by atoms with E-state index >= 15 is 0 Å². The van der Waals surface area contributed by atoms with Gasteiger partial charge < -0.3 is 4.74 Å². The Labute approximate surface area is 110 Å². The van der Waals surface area contributed by atoms with Crippen LogP contribution in [0.4, 0.5) is 0 Å². The zero-order valence-corrected chi connectivity index (χ0v) is 11.0. The van der Waals surface area contributed by atoms with Crippen molar-refractivity contribution in [2.75, 3.05) is 7.11 Å². The third kappa shape index (κ3) is 2.54. The van der Waals surface area contributed by atoms with Gasteiger partial charge in [0, 0.05) is 28.4 Å². The lowest BCUT2D eigenvalue weighted by Gasteiger charge is -2.08. The molecular formula is C13H11Cl2NO. The van der Waals surface area contributed by atoms with Crippen molar-refractivity contribution in [2.24, 2.45) is 0 Å². The number of benzene rings is 1. The average Bonchev–Trinajstić information content (AvgIpc) is 2.30. The van der Waals surface area contributed by atoms with Crippen LogP contribution >= 0.6 is 23.2 Å². The first-order valence-corrected chi connectivity index (χ1v) is 5.83. The Morgan fingerprint density at radius 1 is 1.18 bits per heavy atom. The van der Waals surface area contributed by atoms with E-state index < -0.39 is 0 Å². The van der Waals surface area contributed by atoms with Gasteiger partial charge in [-0.25, -0.2) is 0 Å². The van der Waals surface area contributed by atoms with Gasteiger partial charge in [-0.2, -0.15) is 0 Å². The molecule has 0 amide bonds. The zero-order chi connectivity index (χ0) is 12.4. The molecule has 0 bridgehead atoms. The molecule has 0 aliphatic carbocycles. The highest BCUT2D eigenvalue weighted by Crippen LogP contribution is 2.31. The van der Waals surface area contributed by atoms with E-state index in [4.69, 9.17) is 27.9 Å². The molecule has 88 valence electrons. The summed E-state index contributed by atoms with van der Waals surface area (Å²) in [5, 5.41) is 1.19. The Balaban J connectivity index is 2.53. The van der Waals surface area contributed by atoms with Crippen molar-refractivity contribution < 1.29 is 4.74 Å². The maximum atomic E-state index is 6.13. The molecule has 0 saturated carbocycles. The van der Waals surface area contributed by atoms with Gasteiger partial charge in [0.25, 0.3) is 0 Å². The minimum atomic E-state index is 0.580. The maximum Gasteiger partial charge on any atom is 0.125 e. The highest BCUT2D eigenvalue weighted by molar-refractivity contribution is 6.36. The number of ether oxygens (including phenoxy) is 1. The molecule has 4 heteroatoms. The summed E-state index contributed by atoms with van der Waals surface area (Å²) < 4.78 is 5.26. The molecule has 17 heavy (non-hydrogen) atoms. The van der Waals surface area contributed by atoms with Gasteiger partial charge in [0.2, 0.25) is 0 Å². The van der Waals surface area contributed by atoms with E-state index in [1.54, 1.807) is 25.4 Å². The van der Waals surface area contributed by atoms with Crippen LogP contribution in [-0.2, 0) is 0 Å². The van der Waals surface area contributed by atoms with Gasteiger partial charge in [-0.1, -0.05) is 23.2 Å². The van der Waals surface area contributed by atoms with Crippen molar-refractivity contribution in [3.05, 3.63) is 46.1 Å². The minimum absolute atomic E-state index is 0.580. The molecule has 0 saturated heterocycles. The van der Waals surface area contributed by atoms with Gasteiger partial charge >= 0.3 is 0 Å². The number of rotatable bonds is 2. The van der Waals surface area contributed by atoms with Crippen LogP contribution in [0.15, 0.2) is 30.5 Å². The molecule has 1 heterocycles. The molecule has 0 atom stereocenters. The Kier molecular flexibility index (Phi) is 3.55. The molecule has 2 rings (SSSR count). The normalized spacial score (nSPS) is 10.4. The van der Waals surface area contributed by atoms with E-state index in [-0.39, 0.29) is 0 Å². The molecule has 0 spiro atoms. The number of aromatic nitrogens is 1. The predicted octanol–water partition coefficient (Wildman–Crippen LogP) is 4.37. The van der Waals surface area contributed by atoms with Gasteiger partial charge in [0.15, 0.2) is 0 Å². The molecule has 0 aliphatic rings. The maximum absolute atomic E-state index is 6.13. The Bertz CT molecular complexity index is 555. The summed E-state index contributed by atoms with van der Waals surface area (Å²) in [4.78, 5) is 4.34. The molecule has 2 aromatic rings. The van der Waals surface area contributed by atoms with Gasteiger partial charge in [-0.05, 0) is 25.1 Å². The first kappa shape index (κ1) is 12.2. The van der Waals surface area contributed by atoms with Crippen LogP contribution < -0.4 is 4.74 Å². The third-order valence-corrected chi connectivity index (χ3v) is 3.03. The van der Waals surface area contributed by atoms with Crippen LogP contribution in [-0.4, -0.2) is 12.1 Å². The van der Waals surface area contributed by atoms with Gasteiger partial charge in [-0.15, -0.1) is 0 Å². The van der Waals surface area contributed by atoms with E-state index in [0.717, 1.165) is 22.6 Å². The molecule has 1 aromatic carbocycles. The second-order valence-electron chi connectivity index (χ2n) is 3.66. The van der Waals surface area contributed by atoms with Gasteiger partial charge in [0.1, 0.15) is 5.75 Å². The quantitative estimate of drug-likeness (QED) is 0.806. The average molecular weight is 268 g/mol. The predicted molar refractivity (Wildman–Crippen MR) is 71.0 cm³/mol. The van der Waals surface area contributed by atoms with Crippen LogP contribution in [0.1, 0.15) is 5.56 Å². The van der Waals surface area contributed by atoms with E-state index in [0.29, 0.717) is 10.0 Å². The lowest BCUT2D eigenvalue weighted by Crippen LogP contribution is -1.91. The number of nitrogens with zero attached hydrogens (tertiary/aromatic N) is 1. The highest BCUT2D eigenvalue weighted by atomic mass is 35.5. The molecule has 0 N–H and O–H groups in total. The van der Waals surface area contributed by atoms with Crippen LogP contribution in [0, 0.1) is 6.92 Å². The van der Waals surface area contributed by atoms with E-state index in [1.807, 2.05) is 19.1 Å². The monoisotopic (exact) mass is 267 g/mol. The molecule has 0 aliphatic heterocycles.